The van der Waals surface area contributed by atoms with Crippen molar-refractivity contribution in [3.05, 3.63) is 24.0 Å². The van der Waals surface area contributed by atoms with Gasteiger partial charge in [-0.1, -0.05) is 6.92 Å². The number of carbonyl (C=O) groups excluding carboxylic acids is 1. The number of fused-ring (bicyclic) bond motifs is 1. The lowest BCUT2D eigenvalue weighted by atomic mass is 10.2. The maximum Gasteiger partial charge on any atom is 0.224 e. The smallest absolute Gasteiger partial charge is 0.224 e. The van der Waals surface area contributed by atoms with Crippen molar-refractivity contribution in [2.45, 2.75) is 26.2 Å². The number of amides is 1. The van der Waals surface area contributed by atoms with Crippen molar-refractivity contribution in [1.29, 1.82) is 0 Å². The van der Waals surface area contributed by atoms with E-state index < -0.39 is 0 Å². The highest BCUT2D eigenvalue weighted by Crippen LogP contribution is 2.20. The van der Waals surface area contributed by atoms with Gasteiger partial charge in [0.1, 0.15) is 5.82 Å². The Balaban J connectivity index is 1.67. The molecule has 1 aliphatic heterocycles. The van der Waals surface area contributed by atoms with Crippen LogP contribution in [0.4, 0.5) is 5.69 Å². The molecule has 1 aromatic carbocycles. The molecule has 6 heteroatoms. The largest absolute Gasteiger partial charge is 0.331 e. The van der Waals surface area contributed by atoms with Crippen LogP contribution in [0.1, 0.15) is 25.6 Å². The van der Waals surface area contributed by atoms with E-state index in [-0.39, 0.29) is 5.91 Å². The zero-order valence-corrected chi connectivity index (χ0v) is 15.6. The Morgan fingerprint density at radius 2 is 1.96 bits per heavy atom. The quantitative estimate of drug-likeness (QED) is 0.873. The SMILES string of the molecule is CCCC(=O)Nc1ccc2c(c1)nc(CCN1CCN(C)CC1)n2C. The predicted molar refractivity (Wildman–Crippen MR) is 102 cm³/mol. The predicted octanol–water partition coefficient (Wildman–Crippen LogP) is 2.10. The van der Waals surface area contributed by atoms with E-state index in [9.17, 15) is 4.79 Å². The van der Waals surface area contributed by atoms with Gasteiger partial charge in [-0.3, -0.25) is 4.79 Å². The van der Waals surface area contributed by atoms with Crippen molar-refractivity contribution in [1.82, 2.24) is 19.4 Å². The van der Waals surface area contributed by atoms with Crippen molar-refractivity contribution in [3.8, 4) is 0 Å². The van der Waals surface area contributed by atoms with Gasteiger partial charge in [-0.2, -0.15) is 0 Å². The van der Waals surface area contributed by atoms with Gasteiger partial charge in [0, 0.05) is 58.3 Å². The number of nitrogens with one attached hydrogen (secondary N) is 1. The van der Waals surface area contributed by atoms with Crippen LogP contribution in [0.25, 0.3) is 11.0 Å². The third-order valence-corrected chi connectivity index (χ3v) is 4.98. The molecule has 1 N–H and O–H groups in total. The number of carbonyl (C=O) groups is 1. The summed E-state index contributed by atoms with van der Waals surface area (Å²) >= 11 is 0. The van der Waals surface area contributed by atoms with E-state index in [0.29, 0.717) is 6.42 Å². The summed E-state index contributed by atoms with van der Waals surface area (Å²) < 4.78 is 2.17. The van der Waals surface area contributed by atoms with E-state index in [2.05, 4.69) is 33.8 Å². The standard InChI is InChI=1S/C19H29N5O/c1-4-5-19(25)20-15-6-7-17-16(14-15)21-18(23(17)3)8-9-24-12-10-22(2)11-13-24/h6-7,14H,4-5,8-13H2,1-3H3,(H,20,25). The molecule has 1 saturated heterocycles. The van der Waals surface area contributed by atoms with Gasteiger partial charge in [-0.05, 0) is 31.7 Å². The fourth-order valence-corrected chi connectivity index (χ4v) is 3.33. The van der Waals surface area contributed by atoms with E-state index >= 15 is 0 Å². The Kier molecular flexibility index (Phi) is 5.71. The summed E-state index contributed by atoms with van der Waals surface area (Å²) in [4.78, 5) is 21.5. The van der Waals surface area contributed by atoms with Crippen molar-refractivity contribution in [2.24, 2.45) is 7.05 Å². The van der Waals surface area contributed by atoms with E-state index in [1.54, 1.807) is 0 Å². The number of hydrogen-bond donors (Lipinski definition) is 1. The molecule has 0 bridgehead atoms. The van der Waals surface area contributed by atoms with Crippen LogP contribution in [0.2, 0.25) is 0 Å². The Morgan fingerprint density at radius 1 is 1.20 bits per heavy atom. The fourth-order valence-electron chi connectivity index (χ4n) is 3.33. The van der Waals surface area contributed by atoms with Crippen molar-refractivity contribution < 1.29 is 4.79 Å². The highest BCUT2D eigenvalue weighted by Gasteiger charge is 2.15. The Labute approximate surface area is 149 Å². The molecule has 0 atom stereocenters. The summed E-state index contributed by atoms with van der Waals surface area (Å²) in [5, 5.41) is 2.95. The van der Waals surface area contributed by atoms with E-state index in [4.69, 9.17) is 4.98 Å². The van der Waals surface area contributed by atoms with Gasteiger partial charge < -0.3 is 19.7 Å². The van der Waals surface area contributed by atoms with Crippen LogP contribution in [0.15, 0.2) is 18.2 Å². The average molecular weight is 343 g/mol. The second-order valence-corrected chi connectivity index (χ2v) is 6.98. The van der Waals surface area contributed by atoms with E-state index in [1.165, 1.54) is 0 Å². The fraction of sp³-hybridized carbons (Fsp3) is 0.579. The topological polar surface area (TPSA) is 53.4 Å². The van der Waals surface area contributed by atoms with Crippen LogP contribution in [0.5, 0.6) is 0 Å². The first-order valence-electron chi connectivity index (χ1n) is 9.23. The van der Waals surface area contributed by atoms with E-state index in [0.717, 1.165) is 68.1 Å². The Morgan fingerprint density at radius 3 is 2.68 bits per heavy atom. The van der Waals surface area contributed by atoms with Crippen LogP contribution in [-0.2, 0) is 18.3 Å². The zero-order valence-electron chi connectivity index (χ0n) is 15.6. The van der Waals surface area contributed by atoms with E-state index in [1.807, 2.05) is 25.1 Å². The number of hydrogen-bond acceptors (Lipinski definition) is 4. The molecule has 0 spiro atoms. The molecular formula is C19H29N5O. The average Bonchev–Trinajstić information content (AvgIpc) is 2.90. The highest BCUT2D eigenvalue weighted by atomic mass is 16.1. The van der Waals surface area contributed by atoms with Crippen LogP contribution in [0, 0.1) is 0 Å². The summed E-state index contributed by atoms with van der Waals surface area (Å²) in [6.07, 6.45) is 2.36. The van der Waals surface area contributed by atoms with Crippen molar-refractivity contribution in [3.63, 3.8) is 0 Å². The van der Waals surface area contributed by atoms with Gasteiger partial charge in [-0.15, -0.1) is 0 Å². The van der Waals surface area contributed by atoms with Crippen LogP contribution < -0.4 is 5.32 Å². The van der Waals surface area contributed by atoms with Crippen LogP contribution in [-0.4, -0.2) is 65.0 Å². The van der Waals surface area contributed by atoms with Gasteiger partial charge >= 0.3 is 0 Å². The van der Waals surface area contributed by atoms with Crippen LogP contribution in [0.3, 0.4) is 0 Å². The summed E-state index contributed by atoms with van der Waals surface area (Å²) in [6, 6.07) is 5.98. The minimum Gasteiger partial charge on any atom is -0.331 e. The van der Waals surface area contributed by atoms with Gasteiger partial charge in [0.05, 0.1) is 11.0 Å². The second-order valence-electron chi connectivity index (χ2n) is 6.98. The number of imidazole rings is 1. The highest BCUT2D eigenvalue weighted by molar-refractivity contribution is 5.93. The molecule has 1 amide bonds. The number of nitrogens with zero attached hydrogens (tertiary/aromatic N) is 4. The molecule has 2 aromatic rings. The number of aryl methyl sites for hydroxylation is 1. The summed E-state index contributed by atoms with van der Waals surface area (Å²) in [7, 11) is 4.25. The monoisotopic (exact) mass is 343 g/mol. The third kappa shape index (κ3) is 4.38. The first-order valence-corrected chi connectivity index (χ1v) is 9.23. The maximum atomic E-state index is 11.8. The first-order chi connectivity index (χ1) is 12.1. The summed E-state index contributed by atoms with van der Waals surface area (Å²) in [5.74, 6) is 1.17. The van der Waals surface area contributed by atoms with Gasteiger partial charge in [0.25, 0.3) is 0 Å². The molecule has 2 heterocycles. The molecule has 3 rings (SSSR count). The Bertz CT molecular complexity index is 731. The number of piperazine rings is 1. The summed E-state index contributed by atoms with van der Waals surface area (Å²) in [5.41, 5.74) is 2.89. The number of rotatable bonds is 6. The molecule has 0 unspecified atom stereocenters. The van der Waals surface area contributed by atoms with Gasteiger partial charge in [0.2, 0.25) is 5.91 Å². The lowest BCUT2D eigenvalue weighted by Crippen LogP contribution is -2.45. The number of aromatic nitrogens is 2. The second kappa shape index (κ2) is 7.97. The van der Waals surface area contributed by atoms with Crippen molar-refractivity contribution in [2.75, 3.05) is 45.1 Å². The lowest BCUT2D eigenvalue weighted by molar-refractivity contribution is -0.116. The molecule has 0 aliphatic carbocycles. The molecule has 25 heavy (non-hydrogen) atoms. The number of benzene rings is 1. The third-order valence-electron chi connectivity index (χ3n) is 4.98. The maximum absolute atomic E-state index is 11.8. The number of anilines is 1. The lowest BCUT2D eigenvalue weighted by Gasteiger charge is -2.32. The first kappa shape index (κ1) is 17.9. The number of likely N-dealkylation sites (N-methyl/N-ethyl adjacent to an activating group) is 1. The molecule has 6 nitrogen and oxygen atoms in total. The molecule has 1 aliphatic rings. The van der Waals surface area contributed by atoms with Crippen LogP contribution >= 0.6 is 0 Å². The molecule has 1 fully saturated rings. The summed E-state index contributed by atoms with van der Waals surface area (Å²) in [6.45, 7) is 7.61. The molecule has 0 saturated carbocycles. The normalized spacial score (nSPS) is 16.4. The molecular weight excluding hydrogens is 314 g/mol. The zero-order chi connectivity index (χ0) is 17.8. The minimum atomic E-state index is 0.0630. The molecule has 1 aromatic heterocycles. The Hall–Kier alpha value is -1.92. The minimum absolute atomic E-state index is 0.0630. The molecule has 0 radical (unpaired) electrons. The van der Waals surface area contributed by atoms with Gasteiger partial charge in [-0.25, -0.2) is 4.98 Å². The van der Waals surface area contributed by atoms with Gasteiger partial charge in [0.15, 0.2) is 0 Å². The molecule has 136 valence electrons. The van der Waals surface area contributed by atoms with Crippen molar-refractivity contribution >= 4 is 22.6 Å².